The largest absolute Gasteiger partial charge is 0.508 e. The molecular formula is C28H27N3O6. The lowest BCUT2D eigenvalue weighted by Crippen LogP contribution is -2.75. The molecule has 4 atom stereocenters. The summed E-state index contributed by atoms with van der Waals surface area (Å²) in [6, 6.07) is 8.46. The number of phenols is 1. The van der Waals surface area contributed by atoms with Gasteiger partial charge in [0.25, 0.3) is 5.91 Å². The number of hydrogen-bond acceptors (Lipinski definition) is 8. The second-order valence-electron chi connectivity index (χ2n) is 11.3. The summed E-state index contributed by atoms with van der Waals surface area (Å²) in [5.41, 5.74) is 1.37. The molecule has 37 heavy (non-hydrogen) atoms. The monoisotopic (exact) mass is 501 g/mol. The number of nitrogens with zero attached hydrogens (tertiary/aromatic N) is 2. The summed E-state index contributed by atoms with van der Waals surface area (Å²) >= 11 is 0. The van der Waals surface area contributed by atoms with Gasteiger partial charge in [0.1, 0.15) is 11.3 Å². The number of phenolic OH excluding ortho intramolecular Hbond substituents is 1. The van der Waals surface area contributed by atoms with Gasteiger partial charge in [0, 0.05) is 36.3 Å². The molecule has 9 nitrogen and oxygen atoms in total. The Morgan fingerprint density at radius 2 is 2.08 bits per heavy atom. The summed E-state index contributed by atoms with van der Waals surface area (Å²) < 4.78 is 11.6. The number of aliphatic hydroxyl groups excluding tert-OH is 1. The van der Waals surface area contributed by atoms with E-state index in [1.54, 1.807) is 24.3 Å². The van der Waals surface area contributed by atoms with Gasteiger partial charge in [-0.25, -0.2) is 4.98 Å². The van der Waals surface area contributed by atoms with E-state index >= 15 is 0 Å². The van der Waals surface area contributed by atoms with Crippen LogP contribution in [0.25, 0.3) is 11.1 Å². The minimum absolute atomic E-state index is 0.00452. The minimum Gasteiger partial charge on any atom is -0.508 e. The zero-order chi connectivity index (χ0) is 25.1. The Hall–Kier alpha value is -3.56. The summed E-state index contributed by atoms with van der Waals surface area (Å²) in [7, 11) is 0. The van der Waals surface area contributed by atoms with E-state index in [9.17, 15) is 20.1 Å². The molecule has 0 radical (unpaired) electrons. The van der Waals surface area contributed by atoms with E-state index in [0.29, 0.717) is 41.3 Å². The highest BCUT2D eigenvalue weighted by Gasteiger charge is 2.73. The Bertz CT molecular complexity index is 1530. The number of likely N-dealkylation sites (tertiary alicyclic amines) is 1. The molecule has 2 aliphatic heterocycles. The number of amides is 1. The molecule has 4 N–H and O–H groups in total. The first kappa shape index (κ1) is 21.5. The molecular weight excluding hydrogens is 474 g/mol. The van der Waals surface area contributed by atoms with Crippen molar-refractivity contribution >= 4 is 22.7 Å². The van der Waals surface area contributed by atoms with Crippen molar-refractivity contribution in [3.8, 4) is 11.5 Å². The number of benzene rings is 2. The number of aromatic hydroxyl groups is 1. The summed E-state index contributed by atoms with van der Waals surface area (Å²) in [5, 5.41) is 37.7. The van der Waals surface area contributed by atoms with Crippen molar-refractivity contribution in [3.63, 3.8) is 0 Å². The van der Waals surface area contributed by atoms with Crippen molar-refractivity contribution in [3.05, 3.63) is 59.2 Å². The first-order valence-corrected chi connectivity index (χ1v) is 12.9. The third-order valence-electron chi connectivity index (χ3n) is 9.38. The summed E-state index contributed by atoms with van der Waals surface area (Å²) in [6.45, 7) is 1.69. The Morgan fingerprint density at radius 1 is 1.22 bits per heavy atom. The van der Waals surface area contributed by atoms with Crippen molar-refractivity contribution in [2.75, 3.05) is 18.4 Å². The molecule has 3 aromatic rings. The van der Waals surface area contributed by atoms with Gasteiger partial charge in [-0.15, -0.1) is 0 Å². The SMILES string of the molecule is O=C(Nc1ccc2ncoc2c1)C1=C(O)[C@@H]2Oc3c(O)ccc4c3[C@@]23CCN(CC2CC2)[C@H](C4)[C@]3(O)C1. The summed E-state index contributed by atoms with van der Waals surface area (Å²) in [4.78, 5) is 20.1. The van der Waals surface area contributed by atoms with Gasteiger partial charge in [0.15, 0.2) is 29.6 Å². The van der Waals surface area contributed by atoms with Gasteiger partial charge in [-0.05, 0) is 61.9 Å². The maximum absolute atomic E-state index is 13.6. The first-order chi connectivity index (χ1) is 17.9. The van der Waals surface area contributed by atoms with Crippen LogP contribution in [-0.2, 0) is 16.6 Å². The van der Waals surface area contributed by atoms with Gasteiger partial charge < -0.3 is 29.8 Å². The number of ether oxygens (including phenoxy) is 1. The molecule has 8 rings (SSSR count). The second-order valence-corrected chi connectivity index (χ2v) is 11.3. The molecule has 1 amide bonds. The van der Waals surface area contributed by atoms with Gasteiger partial charge in [0.2, 0.25) is 0 Å². The number of nitrogens with one attached hydrogen (secondary N) is 1. The van der Waals surface area contributed by atoms with Gasteiger partial charge in [-0.3, -0.25) is 9.69 Å². The average molecular weight is 502 g/mol. The number of aromatic nitrogens is 1. The maximum Gasteiger partial charge on any atom is 0.255 e. The molecule has 3 heterocycles. The van der Waals surface area contributed by atoms with Crippen LogP contribution in [0.1, 0.15) is 36.8 Å². The number of piperidine rings is 1. The van der Waals surface area contributed by atoms with Crippen LogP contribution < -0.4 is 10.1 Å². The van der Waals surface area contributed by atoms with Crippen molar-refractivity contribution in [2.45, 2.75) is 55.3 Å². The summed E-state index contributed by atoms with van der Waals surface area (Å²) in [6.07, 6.45) is 3.97. The highest BCUT2D eigenvalue weighted by Crippen LogP contribution is 2.66. The summed E-state index contributed by atoms with van der Waals surface area (Å²) in [5.74, 6) is 0.273. The van der Waals surface area contributed by atoms with E-state index in [1.165, 1.54) is 19.2 Å². The van der Waals surface area contributed by atoms with Crippen molar-refractivity contribution in [1.29, 1.82) is 0 Å². The highest BCUT2D eigenvalue weighted by atomic mass is 16.5. The fourth-order valence-corrected chi connectivity index (χ4v) is 7.51. The normalized spacial score (nSPS) is 31.8. The smallest absolute Gasteiger partial charge is 0.255 e. The standard InChI is InChI=1S/C28H27N3O6/c32-19-6-3-15-9-21-28(35)11-17(26(34)30-16-4-5-18-20(10-16)36-13-29-18)23(33)25-27(28,22(15)24(19)37-25)7-8-31(21)12-14-1-2-14/h3-6,10,13-14,21,25,32-33,35H,1-2,7-9,11-12H2,(H,30,34)/t21-,25+,27+,28-/m1/s1. The Morgan fingerprint density at radius 3 is 2.92 bits per heavy atom. The van der Waals surface area contributed by atoms with Crippen molar-refractivity contribution < 1.29 is 29.3 Å². The number of carbonyl (C=O) groups excluding carboxylic acids is 1. The number of carbonyl (C=O) groups is 1. The van der Waals surface area contributed by atoms with Crippen LogP contribution in [0.15, 0.2) is 52.5 Å². The van der Waals surface area contributed by atoms with Gasteiger partial charge in [-0.1, -0.05) is 6.07 Å². The molecule has 2 aromatic carbocycles. The molecule has 1 saturated heterocycles. The van der Waals surface area contributed by atoms with Crippen molar-refractivity contribution in [2.24, 2.45) is 5.92 Å². The first-order valence-electron chi connectivity index (χ1n) is 12.9. The molecule has 1 aromatic heterocycles. The third-order valence-corrected chi connectivity index (χ3v) is 9.38. The number of fused-ring (bicyclic) bond motifs is 1. The van der Waals surface area contributed by atoms with Gasteiger partial charge in [0.05, 0.1) is 16.6 Å². The molecule has 2 fully saturated rings. The molecule has 0 unspecified atom stereocenters. The van der Waals surface area contributed by atoms with E-state index in [4.69, 9.17) is 9.15 Å². The van der Waals surface area contributed by atoms with E-state index < -0.39 is 23.0 Å². The van der Waals surface area contributed by atoms with Crippen LogP contribution in [0, 0.1) is 5.92 Å². The van der Waals surface area contributed by atoms with E-state index in [0.717, 1.165) is 24.2 Å². The van der Waals surface area contributed by atoms with Gasteiger partial charge in [-0.2, -0.15) is 0 Å². The zero-order valence-electron chi connectivity index (χ0n) is 20.1. The lowest BCUT2D eigenvalue weighted by Gasteiger charge is -2.62. The fraction of sp³-hybridized carbons (Fsp3) is 0.429. The quantitative estimate of drug-likeness (QED) is 0.429. The van der Waals surface area contributed by atoms with Crippen molar-refractivity contribution in [1.82, 2.24) is 9.88 Å². The maximum atomic E-state index is 13.6. The minimum atomic E-state index is -1.34. The molecule has 5 aliphatic rings. The number of rotatable bonds is 4. The molecule has 190 valence electrons. The second kappa shape index (κ2) is 7.05. The van der Waals surface area contributed by atoms with Crippen LogP contribution in [0.5, 0.6) is 11.5 Å². The Balaban J connectivity index is 1.24. The fourth-order valence-electron chi connectivity index (χ4n) is 7.51. The number of anilines is 1. The molecule has 3 aliphatic carbocycles. The van der Waals surface area contributed by atoms with Gasteiger partial charge >= 0.3 is 0 Å². The zero-order valence-corrected chi connectivity index (χ0v) is 20.1. The topological polar surface area (TPSA) is 128 Å². The van der Waals surface area contributed by atoms with Crippen LogP contribution in [0.2, 0.25) is 0 Å². The Kier molecular flexibility index (Phi) is 4.10. The van der Waals surface area contributed by atoms with E-state index in [2.05, 4.69) is 15.2 Å². The van der Waals surface area contributed by atoms with Crippen LogP contribution in [0.3, 0.4) is 0 Å². The molecule has 9 heteroatoms. The van der Waals surface area contributed by atoms with Crippen LogP contribution in [-0.4, -0.2) is 61.9 Å². The lowest BCUT2D eigenvalue weighted by molar-refractivity contribution is -0.172. The van der Waals surface area contributed by atoms with E-state index in [1.807, 2.05) is 6.07 Å². The number of hydrogen-bond donors (Lipinski definition) is 4. The number of oxazole rings is 1. The van der Waals surface area contributed by atoms with Crippen LogP contribution in [0.4, 0.5) is 5.69 Å². The van der Waals surface area contributed by atoms with E-state index in [-0.39, 0.29) is 29.5 Å². The average Bonchev–Trinajstić information content (AvgIpc) is 3.43. The molecule has 1 spiro atoms. The molecule has 2 bridgehead atoms. The Labute approximate surface area is 212 Å². The number of aliphatic hydroxyl groups is 2. The third kappa shape index (κ3) is 2.70. The lowest BCUT2D eigenvalue weighted by atomic mass is 9.49. The van der Waals surface area contributed by atoms with Crippen LogP contribution >= 0.6 is 0 Å². The predicted octanol–water partition coefficient (Wildman–Crippen LogP) is 3.16. The predicted molar refractivity (Wildman–Crippen MR) is 132 cm³/mol. The highest BCUT2D eigenvalue weighted by molar-refractivity contribution is 6.05. The molecule has 1 saturated carbocycles.